The maximum absolute atomic E-state index is 11.8. The van der Waals surface area contributed by atoms with Gasteiger partial charge in [-0.25, -0.2) is 0 Å². The molecular formula is C13H24N2O2. The van der Waals surface area contributed by atoms with E-state index in [0.29, 0.717) is 19.1 Å². The number of amides is 1. The second-order valence-corrected chi connectivity index (χ2v) is 5.38. The minimum Gasteiger partial charge on any atom is -0.377 e. The molecule has 2 fully saturated rings. The van der Waals surface area contributed by atoms with Crippen molar-refractivity contribution < 1.29 is 9.53 Å². The Morgan fingerprint density at radius 1 is 1.41 bits per heavy atom. The van der Waals surface area contributed by atoms with Gasteiger partial charge in [0, 0.05) is 6.54 Å². The molecule has 2 rings (SSSR count). The van der Waals surface area contributed by atoms with Crippen molar-refractivity contribution in [3.05, 3.63) is 0 Å². The average molecular weight is 240 g/mol. The molecule has 0 spiro atoms. The van der Waals surface area contributed by atoms with E-state index < -0.39 is 0 Å². The van der Waals surface area contributed by atoms with E-state index in [1.165, 1.54) is 25.7 Å². The van der Waals surface area contributed by atoms with Gasteiger partial charge in [0.25, 0.3) is 0 Å². The Kier molecular flexibility index (Phi) is 4.40. The lowest BCUT2D eigenvalue weighted by Gasteiger charge is -2.29. The van der Waals surface area contributed by atoms with Crippen LogP contribution in [-0.2, 0) is 9.53 Å². The molecule has 1 saturated carbocycles. The predicted octanol–water partition coefficient (Wildman–Crippen LogP) is 1.36. The molecule has 4 heteroatoms. The van der Waals surface area contributed by atoms with E-state index in [2.05, 4.69) is 5.32 Å². The van der Waals surface area contributed by atoms with Gasteiger partial charge in [0.15, 0.2) is 0 Å². The van der Waals surface area contributed by atoms with Crippen molar-refractivity contribution in [1.29, 1.82) is 0 Å². The first-order valence-electron chi connectivity index (χ1n) is 6.83. The van der Waals surface area contributed by atoms with E-state index in [1.807, 2.05) is 18.7 Å². The van der Waals surface area contributed by atoms with Crippen LogP contribution in [0.15, 0.2) is 0 Å². The van der Waals surface area contributed by atoms with Crippen LogP contribution in [0.2, 0.25) is 0 Å². The summed E-state index contributed by atoms with van der Waals surface area (Å²) in [5.74, 6) is 0.884. The van der Waals surface area contributed by atoms with Crippen LogP contribution in [0.3, 0.4) is 0 Å². The first-order valence-corrected chi connectivity index (χ1v) is 6.83. The van der Waals surface area contributed by atoms with Crippen molar-refractivity contribution in [2.75, 3.05) is 19.7 Å². The van der Waals surface area contributed by atoms with Crippen LogP contribution in [0.25, 0.3) is 0 Å². The Labute approximate surface area is 104 Å². The summed E-state index contributed by atoms with van der Waals surface area (Å²) in [6.45, 7) is 5.93. The molecule has 1 N–H and O–H groups in total. The van der Waals surface area contributed by atoms with Gasteiger partial charge < -0.3 is 9.64 Å². The number of nitrogens with one attached hydrogen (secondary N) is 1. The summed E-state index contributed by atoms with van der Waals surface area (Å²) >= 11 is 0. The molecule has 4 nitrogen and oxygen atoms in total. The quantitative estimate of drug-likeness (QED) is 0.789. The number of rotatable bonds is 5. The van der Waals surface area contributed by atoms with E-state index in [-0.39, 0.29) is 18.2 Å². The highest BCUT2D eigenvalue weighted by Gasteiger charge is 2.36. The Morgan fingerprint density at radius 3 is 2.76 bits per heavy atom. The highest BCUT2D eigenvalue weighted by atomic mass is 16.5. The lowest BCUT2D eigenvalue weighted by Crippen LogP contribution is -2.44. The maximum Gasteiger partial charge on any atom is 0.237 e. The summed E-state index contributed by atoms with van der Waals surface area (Å²) in [7, 11) is 0. The van der Waals surface area contributed by atoms with Gasteiger partial charge in [0.1, 0.15) is 0 Å². The molecule has 1 amide bonds. The number of hydrogen-bond donors (Lipinski definition) is 1. The number of carbonyl (C=O) groups is 1. The van der Waals surface area contributed by atoms with Gasteiger partial charge in [0.2, 0.25) is 5.91 Å². The van der Waals surface area contributed by atoms with Crippen LogP contribution in [0.1, 0.15) is 39.5 Å². The third-order valence-electron chi connectivity index (χ3n) is 3.75. The minimum atomic E-state index is 0.231. The normalized spacial score (nSPS) is 26.4. The summed E-state index contributed by atoms with van der Waals surface area (Å²) in [6.07, 6.45) is 5.64. The van der Waals surface area contributed by atoms with E-state index >= 15 is 0 Å². The Morgan fingerprint density at radius 2 is 2.12 bits per heavy atom. The number of nitrogens with zero attached hydrogens (tertiary/aromatic N) is 1. The molecule has 0 aromatic carbocycles. The van der Waals surface area contributed by atoms with E-state index in [9.17, 15) is 4.79 Å². The van der Waals surface area contributed by atoms with Crippen molar-refractivity contribution >= 4 is 5.91 Å². The first-order chi connectivity index (χ1) is 8.18. The Hall–Kier alpha value is -0.610. The van der Waals surface area contributed by atoms with Gasteiger partial charge in [-0.2, -0.15) is 0 Å². The fourth-order valence-electron chi connectivity index (χ4n) is 2.90. The van der Waals surface area contributed by atoms with Crippen molar-refractivity contribution in [3.63, 3.8) is 0 Å². The molecule has 0 aromatic rings. The van der Waals surface area contributed by atoms with Crippen LogP contribution in [0.5, 0.6) is 0 Å². The molecule has 1 aliphatic carbocycles. The molecule has 1 atom stereocenters. The van der Waals surface area contributed by atoms with Gasteiger partial charge in [0.05, 0.1) is 25.4 Å². The molecule has 1 unspecified atom stereocenters. The van der Waals surface area contributed by atoms with Gasteiger partial charge in [-0.3, -0.25) is 10.1 Å². The highest BCUT2D eigenvalue weighted by Crippen LogP contribution is 2.30. The summed E-state index contributed by atoms with van der Waals surface area (Å²) in [6, 6.07) is 0. The van der Waals surface area contributed by atoms with Crippen LogP contribution in [0, 0.1) is 5.92 Å². The molecule has 0 aromatic heterocycles. The second-order valence-electron chi connectivity index (χ2n) is 5.38. The Bertz CT molecular complexity index is 262. The third kappa shape index (κ3) is 3.19. The zero-order chi connectivity index (χ0) is 12.3. The van der Waals surface area contributed by atoms with Crippen LogP contribution < -0.4 is 5.32 Å². The van der Waals surface area contributed by atoms with Crippen molar-refractivity contribution in [1.82, 2.24) is 10.2 Å². The predicted molar refractivity (Wildman–Crippen MR) is 66.5 cm³/mol. The molecule has 1 heterocycles. The number of ether oxygens (including phenoxy) is 1. The third-order valence-corrected chi connectivity index (χ3v) is 3.75. The number of hydrogen-bond acceptors (Lipinski definition) is 3. The van der Waals surface area contributed by atoms with E-state index in [1.54, 1.807) is 0 Å². The van der Waals surface area contributed by atoms with Gasteiger partial charge in [-0.1, -0.05) is 12.8 Å². The zero-order valence-corrected chi connectivity index (χ0v) is 10.9. The van der Waals surface area contributed by atoms with Crippen molar-refractivity contribution in [2.24, 2.45) is 5.92 Å². The van der Waals surface area contributed by atoms with Crippen LogP contribution in [0.4, 0.5) is 0 Å². The van der Waals surface area contributed by atoms with Crippen LogP contribution >= 0.6 is 0 Å². The summed E-state index contributed by atoms with van der Waals surface area (Å²) in [5, 5.41) is 3.36. The SMILES string of the molecule is CC(C)OCCN1C(=O)CNC1C1CCCC1. The average Bonchev–Trinajstić information content (AvgIpc) is 2.88. The fraction of sp³-hybridized carbons (Fsp3) is 0.923. The molecule has 98 valence electrons. The lowest BCUT2D eigenvalue weighted by molar-refractivity contribution is -0.129. The molecule has 0 radical (unpaired) electrons. The van der Waals surface area contributed by atoms with E-state index in [4.69, 9.17) is 4.74 Å². The summed E-state index contributed by atoms with van der Waals surface area (Å²) in [4.78, 5) is 13.8. The molecule has 2 aliphatic rings. The Balaban J connectivity index is 1.85. The topological polar surface area (TPSA) is 41.6 Å². The largest absolute Gasteiger partial charge is 0.377 e. The van der Waals surface area contributed by atoms with Gasteiger partial charge in [-0.05, 0) is 32.6 Å². The van der Waals surface area contributed by atoms with Crippen LogP contribution in [-0.4, -0.2) is 42.8 Å². The molecular weight excluding hydrogens is 216 g/mol. The molecule has 17 heavy (non-hydrogen) atoms. The molecule has 0 bridgehead atoms. The summed E-state index contributed by atoms with van der Waals surface area (Å²) in [5.41, 5.74) is 0. The first kappa shape index (κ1) is 12.8. The molecule has 1 saturated heterocycles. The zero-order valence-electron chi connectivity index (χ0n) is 10.9. The number of carbonyl (C=O) groups excluding carboxylic acids is 1. The summed E-state index contributed by atoms with van der Waals surface area (Å²) < 4.78 is 5.54. The molecule has 1 aliphatic heterocycles. The standard InChI is InChI=1S/C13H24N2O2/c1-10(2)17-8-7-15-12(16)9-14-13(15)11-5-3-4-6-11/h10-11,13-14H,3-9H2,1-2H3. The monoisotopic (exact) mass is 240 g/mol. The second kappa shape index (κ2) is 5.83. The maximum atomic E-state index is 11.8. The lowest BCUT2D eigenvalue weighted by atomic mass is 10.0. The van der Waals surface area contributed by atoms with E-state index in [0.717, 1.165) is 6.54 Å². The smallest absolute Gasteiger partial charge is 0.237 e. The highest BCUT2D eigenvalue weighted by molar-refractivity contribution is 5.80. The van der Waals surface area contributed by atoms with Crippen molar-refractivity contribution in [2.45, 2.75) is 51.8 Å². The van der Waals surface area contributed by atoms with Gasteiger partial charge >= 0.3 is 0 Å². The minimum absolute atomic E-state index is 0.231. The van der Waals surface area contributed by atoms with Gasteiger partial charge in [-0.15, -0.1) is 0 Å². The fourth-order valence-corrected chi connectivity index (χ4v) is 2.90. The van der Waals surface area contributed by atoms with Crippen molar-refractivity contribution in [3.8, 4) is 0 Å².